The van der Waals surface area contributed by atoms with Crippen molar-refractivity contribution in [1.82, 2.24) is 5.32 Å². The first kappa shape index (κ1) is 15.9. The predicted molar refractivity (Wildman–Crippen MR) is 77.7 cm³/mol. The Labute approximate surface area is 113 Å². The standard InChI is InChI=1S/C15H32N2O/c1-12(2)8-14-6-5-7-15(9-14,11-16)17-10-13(3)18-4/h12-14,17H,5-11,16H2,1-4H3. The van der Waals surface area contributed by atoms with Gasteiger partial charge in [-0.25, -0.2) is 0 Å². The van der Waals surface area contributed by atoms with Crippen molar-refractivity contribution in [3.63, 3.8) is 0 Å². The second kappa shape index (κ2) is 7.46. The van der Waals surface area contributed by atoms with Crippen molar-refractivity contribution in [2.75, 3.05) is 20.2 Å². The maximum atomic E-state index is 6.06. The van der Waals surface area contributed by atoms with Gasteiger partial charge in [-0.1, -0.05) is 26.7 Å². The molecule has 0 saturated heterocycles. The Hall–Kier alpha value is -0.120. The normalized spacial score (nSPS) is 30.7. The van der Waals surface area contributed by atoms with Crippen LogP contribution in [-0.2, 0) is 4.74 Å². The van der Waals surface area contributed by atoms with Crippen molar-refractivity contribution in [2.45, 2.75) is 64.5 Å². The quantitative estimate of drug-likeness (QED) is 0.736. The van der Waals surface area contributed by atoms with Gasteiger partial charge in [0, 0.05) is 25.7 Å². The molecule has 3 heteroatoms. The molecule has 1 aliphatic carbocycles. The molecule has 0 radical (unpaired) electrons. The van der Waals surface area contributed by atoms with Crippen LogP contribution in [0.5, 0.6) is 0 Å². The van der Waals surface area contributed by atoms with Gasteiger partial charge < -0.3 is 15.8 Å². The van der Waals surface area contributed by atoms with Crippen molar-refractivity contribution in [3.05, 3.63) is 0 Å². The van der Waals surface area contributed by atoms with Gasteiger partial charge >= 0.3 is 0 Å². The van der Waals surface area contributed by atoms with Crippen LogP contribution in [0, 0.1) is 11.8 Å². The monoisotopic (exact) mass is 256 g/mol. The number of methoxy groups -OCH3 is 1. The Balaban J connectivity index is 2.51. The summed E-state index contributed by atoms with van der Waals surface area (Å²) in [6, 6.07) is 0. The van der Waals surface area contributed by atoms with E-state index in [0.717, 1.165) is 24.9 Å². The lowest BCUT2D eigenvalue weighted by Gasteiger charge is -2.42. The highest BCUT2D eigenvalue weighted by Crippen LogP contribution is 2.35. The Morgan fingerprint density at radius 1 is 1.39 bits per heavy atom. The Morgan fingerprint density at radius 2 is 2.11 bits per heavy atom. The molecular weight excluding hydrogens is 224 g/mol. The van der Waals surface area contributed by atoms with E-state index in [4.69, 9.17) is 10.5 Å². The number of nitrogens with one attached hydrogen (secondary N) is 1. The summed E-state index contributed by atoms with van der Waals surface area (Å²) in [4.78, 5) is 0. The third-order valence-corrected chi connectivity index (χ3v) is 4.31. The van der Waals surface area contributed by atoms with Crippen LogP contribution in [-0.4, -0.2) is 31.8 Å². The average Bonchev–Trinajstić information content (AvgIpc) is 2.35. The van der Waals surface area contributed by atoms with Crippen molar-refractivity contribution in [3.8, 4) is 0 Å². The van der Waals surface area contributed by atoms with Gasteiger partial charge in [-0.15, -0.1) is 0 Å². The summed E-state index contributed by atoms with van der Waals surface area (Å²) < 4.78 is 5.32. The van der Waals surface area contributed by atoms with Crippen LogP contribution >= 0.6 is 0 Å². The van der Waals surface area contributed by atoms with Crippen molar-refractivity contribution in [2.24, 2.45) is 17.6 Å². The highest BCUT2D eigenvalue weighted by Gasteiger charge is 2.35. The summed E-state index contributed by atoms with van der Waals surface area (Å²) in [7, 11) is 1.77. The van der Waals surface area contributed by atoms with Crippen molar-refractivity contribution >= 4 is 0 Å². The molecule has 0 spiro atoms. The minimum atomic E-state index is 0.157. The van der Waals surface area contributed by atoms with Crippen LogP contribution in [0.4, 0.5) is 0 Å². The van der Waals surface area contributed by atoms with Crippen LogP contribution in [0.2, 0.25) is 0 Å². The van der Waals surface area contributed by atoms with Crippen LogP contribution < -0.4 is 11.1 Å². The Morgan fingerprint density at radius 3 is 2.67 bits per heavy atom. The Bertz CT molecular complexity index is 233. The number of nitrogens with two attached hydrogens (primary N) is 1. The van der Waals surface area contributed by atoms with E-state index < -0.39 is 0 Å². The smallest absolute Gasteiger partial charge is 0.0667 e. The van der Waals surface area contributed by atoms with E-state index in [-0.39, 0.29) is 11.6 Å². The molecule has 18 heavy (non-hydrogen) atoms. The molecule has 1 fully saturated rings. The van der Waals surface area contributed by atoms with Crippen LogP contribution in [0.3, 0.4) is 0 Å². The lowest BCUT2D eigenvalue weighted by Crippen LogP contribution is -2.55. The van der Waals surface area contributed by atoms with E-state index in [1.54, 1.807) is 7.11 Å². The second-order valence-electron chi connectivity index (χ2n) is 6.50. The van der Waals surface area contributed by atoms with Gasteiger partial charge in [0.15, 0.2) is 0 Å². The largest absolute Gasteiger partial charge is 0.380 e. The molecule has 108 valence electrons. The molecule has 3 unspecified atom stereocenters. The molecule has 0 heterocycles. The van der Waals surface area contributed by atoms with E-state index >= 15 is 0 Å². The van der Waals surface area contributed by atoms with E-state index in [2.05, 4.69) is 26.1 Å². The molecule has 0 bridgehead atoms. The summed E-state index contributed by atoms with van der Waals surface area (Å²) >= 11 is 0. The summed E-state index contributed by atoms with van der Waals surface area (Å²) in [6.07, 6.45) is 6.74. The molecule has 0 aromatic carbocycles. The fraction of sp³-hybridized carbons (Fsp3) is 1.00. The maximum Gasteiger partial charge on any atom is 0.0667 e. The first-order valence-corrected chi connectivity index (χ1v) is 7.49. The van der Waals surface area contributed by atoms with Gasteiger partial charge in [0.2, 0.25) is 0 Å². The summed E-state index contributed by atoms with van der Waals surface area (Å²) in [5.74, 6) is 1.63. The molecule has 3 N–H and O–H groups in total. The van der Waals surface area contributed by atoms with E-state index in [9.17, 15) is 0 Å². The number of hydrogen-bond acceptors (Lipinski definition) is 3. The summed E-state index contributed by atoms with van der Waals surface area (Å²) in [5, 5.41) is 3.69. The minimum absolute atomic E-state index is 0.157. The minimum Gasteiger partial charge on any atom is -0.380 e. The number of ether oxygens (including phenoxy) is 1. The molecule has 1 aliphatic rings. The first-order valence-electron chi connectivity index (χ1n) is 7.49. The molecule has 0 aliphatic heterocycles. The van der Waals surface area contributed by atoms with E-state index in [1.165, 1.54) is 32.1 Å². The van der Waals surface area contributed by atoms with Gasteiger partial charge in [0.05, 0.1) is 6.10 Å². The van der Waals surface area contributed by atoms with Crippen LogP contribution in [0.15, 0.2) is 0 Å². The fourth-order valence-electron chi connectivity index (χ4n) is 3.22. The average molecular weight is 256 g/mol. The zero-order chi connectivity index (χ0) is 13.6. The van der Waals surface area contributed by atoms with Crippen LogP contribution in [0.1, 0.15) is 52.9 Å². The van der Waals surface area contributed by atoms with Crippen molar-refractivity contribution in [1.29, 1.82) is 0 Å². The van der Waals surface area contributed by atoms with Gasteiger partial charge in [-0.2, -0.15) is 0 Å². The predicted octanol–water partition coefficient (Wildman–Crippen LogP) is 2.54. The van der Waals surface area contributed by atoms with Gasteiger partial charge in [-0.05, 0) is 38.0 Å². The lowest BCUT2D eigenvalue weighted by atomic mass is 9.73. The van der Waals surface area contributed by atoms with Crippen molar-refractivity contribution < 1.29 is 4.74 Å². The molecule has 0 amide bonds. The molecule has 3 nitrogen and oxygen atoms in total. The SMILES string of the molecule is COC(C)CNC1(CN)CCCC(CC(C)C)C1. The zero-order valence-corrected chi connectivity index (χ0v) is 12.7. The highest BCUT2D eigenvalue weighted by molar-refractivity contribution is 4.95. The van der Waals surface area contributed by atoms with E-state index in [1.807, 2.05) is 0 Å². The fourth-order valence-corrected chi connectivity index (χ4v) is 3.22. The van der Waals surface area contributed by atoms with E-state index in [0.29, 0.717) is 0 Å². The second-order valence-corrected chi connectivity index (χ2v) is 6.50. The molecule has 3 atom stereocenters. The van der Waals surface area contributed by atoms with Gasteiger partial charge in [0.1, 0.15) is 0 Å². The topological polar surface area (TPSA) is 47.3 Å². The summed E-state index contributed by atoms with van der Waals surface area (Å²) in [6.45, 7) is 8.39. The third-order valence-electron chi connectivity index (χ3n) is 4.31. The third kappa shape index (κ3) is 4.87. The highest BCUT2D eigenvalue weighted by atomic mass is 16.5. The van der Waals surface area contributed by atoms with Gasteiger partial charge in [0.25, 0.3) is 0 Å². The number of hydrogen-bond donors (Lipinski definition) is 2. The zero-order valence-electron chi connectivity index (χ0n) is 12.7. The lowest BCUT2D eigenvalue weighted by molar-refractivity contribution is 0.0926. The Kier molecular flexibility index (Phi) is 6.61. The van der Waals surface area contributed by atoms with Crippen LogP contribution in [0.25, 0.3) is 0 Å². The van der Waals surface area contributed by atoms with Gasteiger partial charge in [-0.3, -0.25) is 0 Å². The maximum absolute atomic E-state index is 6.06. The molecule has 0 aromatic heterocycles. The molecule has 0 aromatic rings. The molecule has 1 rings (SSSR count). The first-order chi connectivity index (χ1) is 8.51. The summed E-state index contributed by atoms with van der Waals surface area (Å²) in [5.41, 5.74) is 6.21. The molecular formula is C15H32N2O. The molecule has 1 saturated carbocycles. The number of rotatable bonds is 7.